The molecule has 0 aliphatic carbocycles. The highest BCUT2D eigenvalue weighted by molar-refractivity contribution is 6.07. The summed E-state index contributed by atoms with van der Waals surface area (Å²) < 4.78 is 0. The second-order valence-electron chi connectivity index (χ2n) is 6.56. The molecule has 1 unspecified atom stereocenters. The highest BCUT2D eigenvalue weighted by Gasteiger charge is 2.37. The van der Waals surface area contributed by atoms with Gasteiger partial charge < -0.3 is 15.2 Å². The van der Waals surface area contributed by atoms with Gasteiger partial charge in [-0.15, -0.1) is 0 Å². The van der Waals surface area contributed by atoms with E-state index in [0.717, 1.165) is 22.0 Å². The highest BCUT2D eigenvalue weighted by atomic mass is 16.3. The zero-order valence-electron chi connectivity index (χ0n) is 12.6. The van der Waals surface area contributed by atoms with E-state index in [1.165, 1.54) is 5.39 Å². The first-order valence-corrected chi connectivity index (χ1v) is 7.22. The smallest absolute Gasteiger partial charge is 0.0940 e. The Bertz CT molecular complexity index is 794. The molecule has 3 N–H and O–H groups in total. The average Bonchev–Trinajstić information content (AvgIpc) is 2.75. The summed E-state index contributed by atoms with van der Waals surface area (Å²) in [5.74, 6) is 0. The maximum Gasteiger partial charge on any atom is 0.0940 e. The van der Waals surface area contributed by atoms with Crippen molar-refractivity contribution in [2.24, 2.45) is 0 Å². The van der Waals surface area contributed by atoms with Crippen molar-refractivity contribution in [3.63, 3.8) is 0 Å². The van der Waals surface area contributed by atoms with E-state index in [1.54, 1.807) is 20.8 Å². The Labute approximate surface area is 124 Å². The Kier molecular flexibility index (Phi) is 3.08. The van der Waals surface area contributed by atoms with Gasteiger partial charge in [0, 0.05) is 28.2 Å². The number of aromatic nitrogens is 1. The van der Waals surface area contributed by atoms with Crippen LogP contribution in [0.5, 0.6) is 0 Å². The lowest BCUT2D eigenvalue weighted by molar-refractivity contribution is -0.118. The number of H-pyrrole nitrogens is 1. The number of fused-ring (bicyclic) bond motifs is 3. The topological polar surface area (TPSA) is 56.2 Å². The molecule has 0 saturated heterocycles. The molecule has 0 bridgehead atoms. The van der Waals surface area contributed by atoms with Gasteiger partial charge in [-0.3, -0.25) is 0 Å². The first kappa shape index (κ1) is 14.1. The molecule has 3 nitrogen and oxygen atoms in total. The molecular formula is C18H21NO2. The first-order valence-electron chi connectivity index (χ1n) is 7.22. The van der Waals surface area contributed by atoms with Crippen molar-refractivity contribution in [2.45, 2.75) is 38.4 Å². The fourth-order valence-corrected chi connectivity index (χ4v) is 2.62. The second kappa shape index (κ2) is 4.58. The Morgan fingerprint density at radius 3 is 2.29 bits per heavy atom. The fourth-order valence-electron chi connectivity index (χ4n) is 2.62. The zero-order chi connectivity index (χ0) is 15.3. The summed E-state index contributed by atoms with van der Waals surface area (Å²) in [6, 6.07) is 14.3. The Morgan fingerprint density at radius 2 is 1.57 bits per heavy atom. The first-order chi connectivity index (χ1) is 9.78. The largest absolute Gasteiger partial charge is 0.387 e. The van der Waals surface area contributed by atoms with Crippen LogP contribution >= 0.6 is 0 Å². The number of aliphatic hydroxyl groups is 2. The summed E-state index contributed by atoms with van der Waals surface area (Å²) in [5, 5.41) is 22.9. The molecule has 1 atom stereocenters. The van der Waals surface area contributed by atoms with Crippen LogP contribution in [0.15, 0.2) is 42.5 Å². The molecule has 0 saturated carbocycles. The second-order valence-corrected chi connectivity index (χ2v) is 6.56. The van der Waals surface area contributed by atoms with E-state index in [9.17, 15) is 10.2 Å². The predicted octanol–water partition coefficient (Wildman–Crippen LogP) is 3.39. The van der Waals surface area contributed by atoms with Gasteiger partial charge in [0.05, 0.1) is 11.2 Å². The number of rotatable bonds is 3. The van der Waals surface area contributed by atoms with Gasteiger partial charge in [-0.1, -0.05) is 24.3 Å². The minimum Gasteiger partial charge on any atom is -0.387 e. The molecule has 21 heavy (non-hydrogen) atoms. The average molecular weight is 283 g/mol. The minimum atomic E-state index is -1.17. The Balaban J connectivity index is 2.07. The third-order valence-electron chi connectivity index (χ3n) is 4.44. The van der Waals surface area contributed by atoms with Crippen molar-refractivity contribution in [3.05, 3.63) is 48.0 Å². The van der Waals surface area contributed by atoms with Gasteiger partial charge in [-0.05, 0) is 44.5 Å². The minimum absolute atomic E-state index is 0.409. The van der Waals surface area contributed by atoms with E-state index < -0.39 is 11.2 Å². The molecule has 1 heterocycles. The van der Waals surface area contributed by atoms with Gasteiger partial charge in [0.2, 0.25) is 0 Å². The molecule has 110 valence electrons. The summed E-state index contributed by atoms with van der Waals surface area (Å²) >= 11 is 0. The van der Waals surface area contributed by atoms with Crippen molar-refractivity contribution in [3.8, 4) is 0 Å². The van der Waals surface area contributed by atoms with Crippen LogP contribution in [0.1, 0.15) is 26.3 Å². The number of aromatic amines is 1. The molecule has 0 aliphatic heterocycles. The van der Waals surface area contributed by atoms with Gasteiger partial charge >= 0.3 is 0 Å². The summed E-state index contributed by atoms with van der Waals surface area (Å²) in [6.07, 6.45) is 0.409. The predicted molar refractivity (Wildman–Crippen MR) is 86.4 cm³/mol. The number of hydrogen-bond donors (Lipinski definition) is 3. The quantitative estimate of drug-likeness (QED) is 0.690. The lowest BCUT2D eigenvalue weighted by Gasteiger charge is -2.35. The number of nitrogens with one attached hydrogen (secondary N) is 1. The lowest BCUT2D eigenvalue weighted by atomic mass is 9.82. The van der Waals surface area contributed by atoms with E-state index in [0.29, 0.717) is 6.42 Å². The Morgan fingerprint density at radius 1 is 0.905 bits per heavy atom. The highest BCUT2D eigenvalue weighted by Crippen LogP contribution is 2.30. The van der Waals surface area contributed by atoms with Crippen LogP contribution in [0.3, 0.4) is 0 Å². The molecule has 0 spiro atoms. The maximum atomic E-state index is 10.5. The molecule has 0 fully saturated rings. The van der Waals surface area contributed by atoms with Crippen molar-refractivity contribution < 1.29 is 10.2 Å². The molecular weight excluding hydrogens is 262 g/mol. The van der Waals surface area contributed by atoms with Gasteiger partial charge in [-0.2, -0.15) is 0 Å². The van der Waals surface area contributed by atoms with Crippen molar-refractivity contribution >= 4 is 21.8 Å². The van der Waals surface area contributed by atoms with Crippen LogP contribution < -0.4 is 0 Å². The van der Waals surface area contributed by atoms with Gasteiger partial charge in [0.25, 0.3) is 0 Å². The number of para-hydroxylation sites is 1. The molecule has 0 amide bonds. The van der Waals surface area contributed by atoms with Gasteiger partial charge in [0.15, 0.2) is 0 Å². The summed E-state index contributed by atoms with van der Waals surface area (Å²) in [4.78, 5) is 3.39. The summed E-state index contributed by atoms with van der Waals surface area (Å²) in [5.41, 5.74) is 0.885. The third-order valence-corrected chi connectivity index (χ3v) is 4.44. The fraction of sp³-hybridized carbons (Fsp3) is 0.333. The Hall–Kier alpha value is -1.84. The van der Waals surface area contributed by atoms with E-state index >= 15 is 0 Å². The number of hydrogen-bond acceptors (Lipinski definition) is 2. The van der Waals surface area contributed by atoms with Crippen molar-refractivity contribution in [1.29, 1.82) is 0 Å². The lowest BCUT2D eigenvalue weighted by Crippen LogP contribution is -2.49. The molecule has 2 aromatic carbocycles. The van der Waals surface area contributed by atoms with E-state index in [4.69, 9.17) is 0 Å². The van der Waals surface area contributed by atoms with Gasteiger partial charge in [-0.25, -0.2) is 0 Å². The maximum absolute atomic E-state index is 10.5. The van der Waals surface area contributed by atoms with Crippen molar-refractivity contribution in [1.82, 2.24) is 4.98 Å². The van der Waals surface area contributed by atoms with Crippen LogP contribution in [0.25, 0.3) is 21.8 Å². The van der Waals surface area contributed by atoms with Gasteiger partial charge in [0.1, 0.15) is 0 Å². The van der Waals surface area contributed by atoms with E-state index in [2.05, 4.69) is 23.2 Å². The third kappa shape index (κ3) is 2.43. The normalized spacial score (nSPS) is 15.5. The summed E-state index contributed by atoms with van der Waals surface area (Å²) in [7, 11) is 0. The van der Waals surface area contributed by atoms with E-state index in [-0.39, 0.29) is 0 Å². The molecule has 3 rings (SSSR count). The summed E-state index contributed by atoms with van der Waals surface area (Å²) in [6.45, 7) is 4.95. The molecule has 3 aromatic rings. The standard InChI is InChI=1S/C18H21NO2/c1-17(2,20)18(3,21)11-12-8-9-16-14(10-12)13-6-4-5-7-15(13)19-16/h4-10,19-21H,11H2,1-3H3. The SMILES string of the molecule is CC(C)(O)C(C)(O)Cc1ccc2[nH]c3ccccc3c2c1. The van der Waals surface area contributed by atoms with E-state index in [1.807, 2.05) is 24.3 Å². The molecule has 0 aliphatic rings. The molecule has 3 heteroatoms. The number of benzene rings is 2. The molecule has 0 radical (unpaired) electrons. The monoisotopic (exact) mass is 283 g/mol. The van der Waals surface area contributed by atoms with Crippen molar-refractivity contribution in [2.75, 3.05) is 0 Å². The van der Waals surface area contributed by atoms with Crippen LogP contribution in [0.4, 0.5) is 0 Å². The van der Waals surface area contributed by atoms with Crippen LogP contribution in [0, 0.1) is 0 Å². The zero-order valence-corrected chi connectivity index (χ0v) is 12.6. The van der Waals surface area contributed by atoms with Crippen LogP contribution in [-0.4, -0.2) is 26.4 Å². The van der Waals surface area contributed by atoms with Crippen LogP contribution in [-0.2, 0) is 6.42 Å². The molecule has 1 aromatic heterocycles. The van der Waals surface area contributed by atoms with Crippen LogP contribution in [0.2, 0.25) is 0 Å².